The molecule has 1 aromatic carbocycles. The molecule has 3 heterocycles. The number of carbonyl (C=O) groups excluding carboxylic acids is 1. The van der Waals surface area contributed by atoms with E-state index in [1.54, 1.807) is 0 Å². The van der Waals surface area contributed by atoms with Gasteiger partial charge in [0.15, 0.2) is 11.6 Å². The molecule has 1 saturated carbocycles. The summed E-state index contributed by atoms with van der Waals surface area (Å²) in [4.78, 5) is 12.9. The second-order valence-electron chi connectivity index (χ2n) is 7.70. The molecule has 1 aliphatic carbocycles. The van der Waals surface area contributed by atoms with Crippen molar-refractivity contribution in [1.82, 2.24) is 19.5 Å². The quantitative estimate of drug-likeness (QED) is 0.515. The van der Waals surface area contributed by atoms with Crippen molar-refractivity contribution in [3.05, 3.63) is 83.7 Å². The fraction of sp³-hybridized carbons (Fsp3) is 0.217. The van der Waals surface area contributed by atoms with E-state index in [0.29, 0.717) is 11.1 Å². The Morgan fingerprint density at radius 1 is 1.07 bits per heavy atom. The highest BCUT2D eigenvalue weighted by Gasteiger charge is 2.23. The third-order valence-corrected chi connectivity index (χ3v) is 5.40. The first-order valence-electron chi connectivity index (χ1n) is 9.94. The van der Waals surface area contributed by atoms with Gasteiger partial charge in [-0.3, -0.25) is 9.48 Å². The summed E-state index contributed by atoms with van der Waals surface area (Å²) >= 11 is 0. The lowest BCUT2D eigenvalue weighted by molar-refractivity contribution is 0.0952. The monoisotopic (exact) mass is 406 g/mol. The van der Waals surface area contributed by atoms with Gasteiger partial charge in [0.05, 0.1) is 16.8 Å². The highest BCUT2D eigenvalue weighted by molar-refractivity contribution is 6.02. The predicted octanol–water partition coefficient (Wildman–Crippen LogP) is 4.42. The van der Waals surface area contributed by atoms with E-state index in [1.807, 2.05) is 51.8 Å². The number of benzene rings is 1. The molecule has 30 heavy (non-hydrogen) atoms. The molecule has 5 nitrogen and oxygen atoms in total. The Morgan fingerprint density at radius 3 is 2.73 bits per heavy atom. The van der Waals surface area contributed by atoms with Gasteiger partial charge in [0.1, 0.15) is 5.69 Å². The first-order chi connectivity index (χ1) is 14.6. The summed E-state index contributed by atoms with van der Waals surface area (Å²) in [6.07, 6.45) is 6.38. The number of hydrogen-bond acceptors (Lipinski definition) is 2. The number of pyridine rings is 1. The SMILES string of the molecule is O=C(NCc1ccc(F)c(F)c1)c1cc(-c2ccn(CC3CC3)n2)n2ccccc12. The maximum absolute atomic E-state index is 13.4. The van der Waals surface area contributed by atoms with E-state index in [1.165, 1.54) is 18.9 Å². The van der Waals surface area contributed by atoms with Crippen molar-refractivity contribution in [3.63, 3.8) is 0 Å². The number of hydrogen-bond donors (Lipinski definition) is 1. The molecule has 0 aliphatic heterocycles. The molecule has 0 radical (unpaired) electrons. The molecule has 0 bridgehead atoms. The van der Waals surface area contributed by atoms with Crippen LogP contribution in [0.1, 0.15) is 28.8 Å². The number of nitrogens with zero attached hydrogens (tertiary/aromatic N) is 3. The van der Waals surface area contributed by atoms with Gasteiger partial charge in [-0.1, -0.05) is 12.1 Å². The van der Waals surface area contributed by atoms with E-state index in [-0.39, 0.29) is 12.5 Å². The smallest absolute Gasteiger partial charge is 0.253 e. The van der Waals surface area contributed by atoms with Gasteiger partial charge in [-0.15, -0.1) is 0 Å². The number of aromatic nitrogens is 3. The summed E-state index contributed by atoms with van der Waals surface area (Å²) in [6, 6.07) is 13.0. The van der Waals surface area contributed by atoms with Crippen molar-refractivity contribution in [1.29, 1.82) is 0 Å². The maximum atomic E-state index is 13.4. The molecule has 1 amide bonds. The van der Waals surface area contributed by atoms with Crippen molar-refractivity contribution in [2.75, 3.05) is 0 Å². The average Bonchev–Trinajstić information content (AvgIpc) is 3.30. The van der Waals surface area contributed by atoms with Gasteiger partial charge in [-0.2, -0.15) is 5.10 Å². The van der Waals surface area contributed by atoms with E-state index >= 15 is 0 Å². The number of halogens is 2. The van der Waals surface area contributed by atoms with Crippen LogP contribution < -0.4 is 5.32 Å². The summed E-state index contributed by atoms with van der Waals surface area (Å²) in [6.45, 7) is 1.02. The highest BCUT2D eigenvalue weighted by Crippen LogP contribution is 2.31. The molecule has 0 unspecified atom stereocenters. The summed E-state index contributed by atoms with van der Waals surface area (Å²) in [5.41, 5.74) is 3.39. The normalized spacial score (nSPS) is 13.7. The van der Waals surface area contributed by atoms with Crippen LogP contribution in [0.2, 0.25) is 0 Å². The van der Waals surface area contributed by atoms with Crippen LogP contribution in [0.4, 0.5) is 8.78 Å². The van der Waals surface area contributed by atoms with Gasteiger partial charge in [0.25, 0.3) is 5.91 Å². The molecule has 5 rings (SSSR count). The fourth-order valence-corrected chi connectivity index (χ4v) is 3.62. The molecule has 0 saturated heterocycles. The topological polar surface area (TPSA) is 51.3 Å². The number of carbonyl (C=O) groups is 1. The van der Waals surface area contributed by atoms with Gasteiger partial charge in [-0.05, 0) is 60.7 Å². The Labute approximate surface area is 171 Å². The molecule has 0 spiro atoms. The van der Waals surface area contributed by atoms with Crippen LogP contribution in [-0.4, -0.2) is 20.1 Å². The van der Waals surface area contributed by atoms with Crippen LogP contribution in [0.15, 0.2) is 60.9 Å². The molecular formula is C23H20F2N4O. The van der Waals surface area contributed by atoms with Gasteiger partial charge < -0.3 is 9.72 Å². The van der Waals surface area contributed by atoms with Crippen molar-refractivity contribution in [2.24, 2.45) is 5.92 Å². The molecule has 0 atom stereocenters. The standard InChI is InChI=1S/C23H20F2N4O/c24-18-7-6-16(11-19(18)25)13-26-23(30)17-12-22(29-9-2-1-3-21(17)29)20-8-10-28(27-20)14-15-4-5-15/h1-3,6-12,15H,4-5,13-14H2,(H,26,30). The largest absolute Gasteiger partial charge is 0.348 e. The van der Waals surface area contributed by atoms with Crippen LogP contribution in [-0.2, 0) is 13.1 Å². The van der Waals surface area contributed by atoms with Crippen molar-refractivity contribution < 1.29 is 13.6 Å². The molecule has 7 heteroatoms. The van der Waals surface area contributed by atoms with Crippen molar-refractivity contribution in [2.45, 2.75) is 25.9 Å². The Hall–Kier alpha value is -3.48. The zero-order chi connectivity index (χ0) is 20.7. The molecule has 3 aromatic heterocycles. The van der Waals surface area contributed by atoms with Crippen LogP contribution in [0.25, 0.3) is 16.9 Å². The Balaban J connectivity index is 1.42. The van der Waals surface area contributed by atoms with Gasteiger partial charge >= 0.3 is 0 Å². The van der Waals surface area contributed by atoms with Crippen LogP contribution in [0, 0.1) is 17.6 Å². The number of amides is 1. The summed E-state index contributed by atoms with van der Waals surface area (Å²) in [5.74, 6) is -1.40. The van der Waals surface area contributed by atoms with Gasteiger partial charge in [0, 0.05) is 25.5 Å². The van der Waals surface area contributed by atoms with E-state index in [9.17, 15) is 13.6 Å². The zero-order valence-electron chi connectivity index (χ0n) is 16.2. The lowest BCUT2D eigenvalue weighted by Gasteiger charge is -2.05. The van der Waals surface area contributed by atoms with E-state index < -0.39 is 11.6 Å². The van der Waals surface area contributed by atoms with Gasteiger partial charge in [-0.25, -0.2) is 8.78 Å². The molecule has 1 fully saturated rings. The Bertz CT molecular complexity index is 1240. The van der Waals surface area contributed by atoms with Crippen LogP contribution >= 0.6 is 0 Å². The summed E-state index contributed by atoms with van der Waals surface area (Å²) in [5, 5.41) is 7.47. The second-order valence-corrected chi connectivity index (χ2v) is 7.70. The van der Waals surface area contributed by atoms with E-state index in [2.05, 4.69) is 10.4 Å². The van der Waals surface area contributed by atoms with Crippen molar-refractivity contribution in [3.8, 4) is 11.4 Å². The second kappa shape index (κ2) is 7.40. The lowest BCUT2D eigenvalue weighted by Crippen LogP contribution is -2.22. The maximum Gasteiger partial charge on any atom is 0.253 e. The number of rotatable bonds is 6. The third-order valence-electron chi connectivity index (χ3n) is 5.40. The number of nitrogens with one attached hydrogen (secondary N) is 1. The molecule has 152 valence electrons. The number of fused-ring (bicyclic) bond motifs is 1. The summed E-state index contributed by atoms with van der Waals surface area (Å²) < 4.78 is 30.4. The fourth-order valence-electron chi connectivity index (χ4n) is 3.62. The van der Waals surface area contributed by atoms with Gasteiger partial charge in [0.2, 0.25) is 0 Å². The average molecular weight is 406 g/mol. The molecule has 1 N–H and O–H groups in total. The van der Waals surface area contributed by atoms with Crippen molar-refractivity contribution >= 4 is 11.4 Å². The first-order valence-corrected chi connectivity index (χ1v) is 9.94. The minimum Gasteiger partial charge on any atom is -0.348 e. The minimum atomic E-state index is -0.930. The third kappa shape index (κ3) is 3.58. The van der Waals surface area contributed by atoms with E-state index in [4.69, 9.17) is 0 Å². The summed E-state index contributed by atoms with van der Waals surface area (Å²) in [7, 11) is 0. The first kappa shape index (κ1) is 18.5. The van der Waals surface area contributed by atoms with Crippen LogP contribution in [0.3, 0.4) is 0 Å². The Kier molecular flexibility index (Phi) is 4.58. The molecular weight excluding hydrogens is 386 g/mol. The Morgan fingerprint density at radius 2 is 1.93 bits per heavy atom. The lowest BCUT2D eigenvalue weighted by atomic mass is 10.2. The van der Waals surface area contributed by atoms with E-state index in [0.717, 1.165) is 41.5 Å². The molecule has 4 aromatic rings. The minimum absolute atomic E-state index is 0.103. The highest BCUT2D eigenvalue weighted by atomic mass is 19.2. The predicted molar refractivity (Wildman–Crippen MR) is 109 cm³/mol. The molecule has 1 aliphatic rings. The van der Waals surface area contributed by atoms with Crippen LogP contribution in [0.5, 0.6) is 0 Å². The zero-order valence-corrected chi connectivity index (χ0v) is 16.2.